The van der Waals surface area contributed by atoms with E-state index in [0.717, 1.165) is 38.5 Å². The molecular formula is C35H52O6. The average molecular weight is 569 g/mol. The van der Waals surface area contributed by atoms with Gasteiger partial charge in [0.15, 0.2) is 5.79 Å². The van der Waals surface area contributed by atoms with E-state index in [9.17, 15) is 19.8 Å². The van der Waals surface area contributed by atoms with E-state index in [2.05, 4.69) is 47.6 Å². The van der Waals surface area contributed by atoms with Crippen LogP contribution in [0.4, 0.5) is 0 Å². The Morgan fingerprint density at radius 1 is 1.00 bits per heavy atom. The molecule has 0 amide bonds. The fraction of sp³-hybridized carbons (Fsp3) is 0.829. The van der Waals surface area contributed by atoms with Crippen LogP contribution in [0.15, 0.2) is 23.3 Å². The number of esters is 1. The highest BCUT2D eigenvalue weighted by Crippen LogP contribution is 2.78. The standard InChI is InChI=1S/C35H52O6/c1-9-21(2)27(36)41-26-19-29(3,4)18-23-22-10-11-25-32(8,31(22,7)14-16-34(23,26)28(37)38)13-12-24-30(5,6)35(39)17-15-33(24,25)20-40-35/h9-10,23-26,39H,11-20H2,1-8H3,(H,37,38)/b21-9-/t23-,24-,25-,26+,31+,32+,33+,34-,35+/m0/s1. The van der Waals surface area contributed by atoms with Crippen molar-refractivity contribution in [2.75, 3.05) is 6.61 Å². The number of rotatable bonds is 3. The minimum absolute atomic E-state index is 0.000216. The van der Waals surface area contributed by atoms with Crippen molar-refractivity contribution < 1.29 is 29.3 Å². The van der Waals surface area contributed by atoms with Gasteiger partial charge in [-0.25, -0.2) is 4.79 Å². The van der Waals surface area contributed by atoms with Gasteiger partial charge >= 0.3 is 11.9 Å². The van der Waals surface area contributed by atoms with Gasteiger partial charge in [-0.15, -0.1) is 0 Å². The number of aliphatic hydroxyl groups is 1. The molecule has 0 radical (unpaired) electrons. The number of aliphatic carboxylic acids is 1. The van der Waals surface area contributed by atoms with Gasteiger partial charge < -0.3 is 19.7 Å². The van der Waals surface area contributed by atoms with E-state index >= 15 is 0 Å². The van der Waals surface area contributed by atoms with E-state index < -0.39 is 29.2 Å². The number of allylic oxidation sites excluding steroid dienone is 3. The first-order chi connectivity index (χ1) is 18.9. The quantitative estimate of drug-likeness (QED) is 0.215. The molecule has 6 nitrogen and oxygen atoms in total. The molecule has 2 bridgehead atoms. The summed E-state index contributed by atoms with van der Waals surface area (Å²) in [7, 11) is 0. The third-order valence-corrected chi connectivity index (χ3v) is 14.5. The van der Waals surface area contributed by atoms with E-state index in [4.69, 9.17) is 9.47 Å². The van der Waals surface area contributed by atoms with Crippen LogP contribution in [0, 0.1) is 50.2 Å². The third-order valence-electron chi connectivity index (χ3n) is 14.5. The number of carbonyl (C=O) groups is 2. The summed E-state index contributed by atoms with van der Waals surface area (Å²) in [5.41, 5.74) is 0.153. The molecule has 228 valence electrons. The van der Waals surface area contributed by atoms with E-state index in [1.165, 1.54) is 5.57 Å². The normalized spacial score (nSPS) is 49.5. The van der Waals surface area contributed by atoms with Gasteiger partial charge in [0, 0.05) is 28.7 Å². The van der Waals surface area contributed by atoms with Crippen LogP contribution in [0.2, 0.25) is 0 Å². The molecule has 9 atom stereocenters. The molecule has 0 unspecified atom stereocenters. The maximum absolute atomic E-state index is 13.4. The van der Waals surface area contributed by atoms with Gasteiger partial charge in [-0.3, -0.25) is 4.79 Å². The van der Waals surface area contributed by atoms with Gasteiger partial charge in [0.25, 0.3) is 0 Å². The Labute approximate surface area is 246 Å². The Bertz CT molecular complexity index is 1220. The molecule has 2 heterocycles. The lowest BCUT2D eigenvalue weighted by Crippen LogP contribution is -2.73. The van der Waals surface area contributed by atoms with Crippen molar-refractivity contribution in [2.24, 2.45) is 50.2 Å². The molecule has 0 aromatic carbocycles. The molecular weight excluding hydrogens is 516 g/mol. The molecule has 6 heteroatoms. The molecule has 2 saturated heterocycles. The smallest absolute Gasteiger partial charge is 0.333 e. The van der Waals surface area contributed by atoms with Crippen LogP contribution in [-0.4, -0.2) is 40.6 Å². The van der Waals surface area contributed by atoms with Crippen molar-refractivity contribution in [2.45, 2.75) is 125 Å². The summed E-state index contributed by atoms with van der Waals surface area (Å²) in [6.07, 6.45) is 10.9. The molecule has 2 N–H and O–H groups in total. The molecule has 0 aromatic heterocycles. The lowest BCUT2D eigenvalue weighted by Gasteiger charge is -2.74. The Morgan fingerprint density at radius 3 is 2.32 bits per heavy atom. The summed E-state index contributed by atoms with van der Waals surface area (Å²) < 4.78 is 12.5. The predicted octanol–water partition coefficient (Wildman–Crippen LogP) is 7.06. The zero-order chi connectivity index (χ0) is 30.0. The van der Waals surface area contributed by atoms with Gasteiger partial charge in [0.2, 0.25) is 0 Å². The maximum atomic E-state index is 13.4. The molecule has 4 saturated carbocycles. The van der Waals surface area contributed by atoms with E-state index in [1.807, 2.05) is 6.92 Å². The predicted molar refractivity (Wildman–Crippen MR) is 157 cm³/mol. The highest BCUT2D eigenvalue weighted by Gasteiger charge is 2.75. The molecule has 41 heavy (non-hydrogen) atoms. The van der Waals surface area contributed by atoms with Crippen LogP contribution in [0.3, 0.4) is 0 Å². The van der Waals surface area contributed by atoms with Gasteiger partial charge in [-0.05, 0) is 93.3 Å². The fourth-order valence-corrected chi connectivity index (χ4v) is 11.7. The SMILES string of the molecule is C/C=C(/C)C(=O)O[C@@H]1CC(C)(C)C[C@H]2C3=CC[C@@H]4[C@]56CC[C@@](O)(OC5)C(C)(C)[C@@H]6CC[C@@]4(C)[C@]3(C)CC[C@@]12C(=O)O. The molecule has 5 aliphatic carbocycles. The summed E-state index contributed by atoms with van der Waals surface area (Å²) in [4.78, 5) is 26.4. The third kappa shape index (κ3) is 3.50. The van der Waals surface area contributed by atoms with Crippen LogP contribution >= 0.6 is 0 Å². The lowest BCUT2D eigenvalue weighted by atomic mass is 9.32. The van der Waals surface area contributed by atoms with Crippen molar-refractivity contribution in [1.29, 1.82) is 0 Å². The molecule has 7 rings (SSSR count). The summed E-state index contributed by atoms with van der Waals surface area (Å²) in [5.74, 6) is -1.60. The Morgan fingerprint density at radius 2 is 1.71 bits per heavy atom. The summed E-state index contributed by atoms with van der Waals surface area (Å²) in [6, 6.07) is 0. The number of hydrogen-bond donors (Lipinski definition) is 2. The fourth-order valence-electron chi connectivity index (χ4n) is 11.7. The van der Waals surface area contributed by atoms with E-state index in [-0.39, 0.29) is 33.0 Å². The van der Waals surface area contributed by atoms with Crippen molar-refractivity contribution >= 4 is 11.9 Å². The number of fused-ring (bicyclic) bond motifs is 7. The first kappa shape index (κ1) is 29.4. The summed E-state index contributed by atoms with van der Waals surface area (Å²) in [6.45, 7) is 17.9. The van der Waals surface area contributed by atoms with Crippen LogP contribution in [-0.2, 0) is 19.1 Å². The van der Waals surface area contributed by atoms with Crippen molar-refractivity contribution in [3.8, 4) is 0 Å². The number of carboxylic acids is 1. The topological polar surface area (TPSA) is 93.1 Å². The molecule has 6 fully saturated rings. The average Bonchev–Trinajstić information content (AvgIpc) is 2.88. The minimum atomic E-state index is -1.11. The van der Waals surface area contributed by atoms with E-state index in [1.54, 1.807) is 13.0 Å². The highest BCUT2D eigenvalue weighted by molar-refractivity contribution is 5.88. The van der Waals surface area contributed by atoms with Crippen LogP contribution in [0.25, 0.3) is 0 Å². The minimum Gasteiger partial charge on any atom is -0.481 e. The number of carboxylic acid groups (broad SMARTS) is 1. The summed E-state index contributed by atoms with van der Waals surface area (Å²) >= 11 is 0. The Kier molecular flexibility index (Phi) is 6.25. The molecule has 2 aliphatic heterocycles. The van der Waals surface area contributed by atoms with Crippen LogP contribution in [0.5, 0.6) is 0 Å². The van der Waals surface area contributed by atoms with Gasteiger partial charge in [0.05, 0.1) is 6.61 Å². The zero-order valence-electron chi connectivity index (χ0n) is 26.6. The van der Waals surface area contributed by atoms with Crippen molar-refractivity contribution in [3.05, 3.63) is 23.3 Å². The lowest BCUT2D eigenvalue weighted by molar-refractivity contribution is -0.395. The second kappa shape index (κ2) is 8.71. The second-order valence-electron chi connectivity index (χ2n) is 16.7. The number of carbonyl (C=O) groups excluding carboxylic acids is 1. The number of hydrogen-bond acceptors (Lipinski definition) is 5. The second-order valence-corrected chi connectivity index (χ2v) is 16.7. The Hall–Kier alpha value is -1.66. The summed E-state index contributed by atoms with van der Waals surface area (Å²) in [5, 5.41) is 22.4. The van der Waals surface area contributed by atoms with E-state index in [0.29, 0.717) is 43.3 Å². The highest BCUT2D eigenvalue weighted by atomic mass is 16.6. The van der Waals surface area contributed by atoms with Gasteiger partial charge in [-0.2, -0.15) is 0 Å². The first-order valence-electron chi connectivity index (χ1n) is 16.1. The molecule has 0 aromatic rings. The molecule has 7 aliphatic rings. The Balaban J connectivity index is 1.44. The zero-order valence-corrected chi connectivity index (χ0v) is 26.6. The van der Waals surface area contributed by atoms with Gasteiger partial charge in [0.1, 0.15) is 11.5 Å². The van der Waals surface area contributed by atoms with Gasteiger partial charge in [-0.1, -0.05) is 59.3 Å². The first-order valence-corrected chi connectivity index (χ1v) is 16.1. The largest absolute Gasteiger partial charge is 0.481 e. The van der Waals surface area contributed by atoms with Crippen LogP contribution in [0.1, 0.15) is 113 Å². The van der Waals surface area contributed by atoms with Crippen molar-refractivity contribution in [1.82, 2.24) is 0 Å². The maximum Gasteiger partial charge on any atom is 0.333 e. The number of ether oxygens (including phenoxy) is 2. The molecule has 1 spiro atoms. The monoisotopic (exact) mass is 568 g/mol. The van der Waals surface area contributed by atoms with Crippen molar-refractivity contribution in [3.63, 3.8) is 0 Å². The van der Waals surface area contributed by atoms with Crippen LogP contribution < -0.4 is 0 Å².